The molecule has 0 aliphatic heterocycles. The van der Waals surface area contributed by atoms with Crippen LogP contribution in [0.1, 0.15) is 69.2 Å². The first kappa shape index (κ1) is 24.7. The van der Waals surface area contributed by atoms with E-state index >= 15 is 0 Å². The number of hydrogen-bond donors (Lipinski definition) is 2. The van der Waals surface area contributed by atoms with Gasteiger partial charge in [0, 0.05) is 6.42 Å². The van der Waals surface area contributed by atoms with Crippen LogP contribution in [0, 0.1) is 6.92 Å². The lowest BCUT2D eigenvalue weighted by molar-refractivity contribution is 0.0395. The number of carbonyl (C=O) groups is 3. The molecule has 0 aliphatic rings. The predicted molar refractivity (Wildman–Crippen MR) is 116 cm³/mol. The van der Waals surface area contributed by atoms with Crippen LogP contribution in [0.25, 0.3) is 0 Å². The van der Waals surface area contributed by atoms with Gasteiger partial charge in [0.15, 0.2) is 0 Å². The Kier molecular flexibility index (Phi) is 9.53. The summed E-state index contributed by atoms with van der Waals surface area (Å²) >= 11 is 0. The van der Waals surface area contributed by atoms with E-state index in [1.54, 1.807) is 13.0 Å². The Bertz CT molecular complexity index is 931. The molecule has 2 aromatic carbocycles. The van der Waals surface area contributed by atoms with Gasteiger partial charge in [-0.3, -0.25) is 0 Å². The van der Waals surface area contributed by atoms with E-state index in [1.165, 1.54) is 30.3 Å². The quantitative estimate of drug-likeness (QED) is 0.301. The van der Waals surface area contributed by atoms with Crippen LogP contribution in [0.5, 0.6) is 11.5 Å². The summed E-state index contributed by atoms with van der Waals surface area (Å²) < 4.78 is 15.4. The topological polar surface area (TPSA) is 119 Å². The zero-order valence-corrected chi connectivity index (χ0v) is 18.3. The number of aryl methyl sites for hydroxylation is 1. The molecule has 0 atom stereocenters. The summed E-state index contributed by atoms with van der Waals surface area (Å²) in [6.07, 6.45) is 2.92. The number of aromatic hydroxyl groups is 2. The summed E-state index contributed by atoms with van der Waals surface area (Å²) in [4.78, 5) is 36.4. The van der Waals surface area contributed by atoms with Crippen molar-refractivity contribution in [3.05, 3.63) is 58.7 Å². The zero-order valence-electron chi connectivity index (χ0n) is 18.3. The van der Waals surface area contributed by atoms with E-state index in [4.69, 9.17) is 14.2 Å². The highest BCUT2D eigenvalue weighted by Gasteiger charge is 2.15. The number of carbonyl (C=O) groups excluding carboxylic acids is 3. The van der Waals surface area contributed by atoms with Crippen molar-refractivity contribution in [1.82, 2.24) is 0 Å². The van der Waals surface area contributed by atoms with Gasteiger partial charge in [0.1, 0.15) is 11.5 Å². The van der Waals surface area contributed by atoms with E-state index in [9.17, 15) is 24.6 Å². The van der Waals surface area contributed by atoms with Crippen LogP contribution in [0.4, 0.5) is 0 Å². The number of esters is 3. The molecule has 0 aliphatic carbocycles. The van der Waals surface area contributed by atoms with Crippen LogP contribution in [0.15, 0.2) is 36.4 Å². The largest absolute Gasteiger partial charge is 0.508 e. The number of unbranched alkanes of at least 4 members (excludes halogenated alkanes) is 2. The van der Waals surface area contributed by atoms with Crippen molar-refractivity contribution in [2.24, 2.45) is 0 Å². The fourth-order valence-corrected chi connectivity index (χ4v) is 2.88. The summed E-state index contributed by atoms with van der Waals surface area (Å²) in [5, 5.41) is 19.4. The highest BCUT2D eigenvalue weighted by molar-refractivity contribution is 5.96. The normalized spacial score (nSPS) is 10.4. The molecule has 0 amide bonds. The molecular formula is C24H28O8. The summed E-state index contributed by atoms with van der Waals surface area (Å²) in [5.41, 5.74) is 1.02. The number of ether oxygens (including phenoxy) is 3. The van der Waals surface area contributed by atoms with Crippen molar-refractivity contribution in [3.8, 4) is 11.5 Å². The second kappa shape index (κ2) is 12.3. The van der Waals surface area contributed by atoms with E-state index in [2.05, 4.69) is 0 Å². The van der Waals surface area contributed by atoms with Gasteiger partial charge >= 0.3 is 17.9 Å². The molecule has 0 unspecified atom stereocenters. The summed E-state index contributed by atoms with van der Waals surface area (Å²) in [6.45, 7) is 4.03. The highest BCUT2D eigenvalue weighted by atomic mass is 16.5. The van der Waals surface area contributed by atoms with Crippen LogP contribution < -0.4 is 0 Å². The number of rotatable bonds is 11. The maximum atomic E-state index is 12.2. The molecule has 2 N–H and O–H groups in total. The molecule has 2 rings (SSSR count). The predicted octanol–water partition coefficient (Wildman–Crippen LogP) is 4.16. The van der Waals surface area contributed by atoms with E-state index in [0.717, 1.165) is 24.8 Å². The summed E-state index contributed by atoms with van der Waals surface area (Å²) in [5.74, 6) is -2.22. The maximum absolute atomic E-state index is 12.2. The number of phenolic OH excluding ortho intramolecular Hbond substituents is 2. The van der Waals surface area contributed by atoms with E-state index < -0.39 is 17.9 Å². The molecule has 0 saturated heterocycles. The van der Waals surface area contributed by atoms with E-state index in [0.29, 0.717) is 0 Å². The minimum Gasteiger partial charge on any atom is -0.508 e. The Morgan fingerprint density at radius 3 is 1.56 bits per heavy atom. The molecular weight excluding hydrogens is 416 g/mol. The summed E-state index contributed by atoms with van der Waals surface area (Å²) in [7, 11) is 0. The third kappa shape index (κ3) is 7.94. The first-order chi connectivity index (χ1) is 15.3. The molecule has 0 saturated carbocycles. The maximum Gasteiger partial charge on any atom is 0.338 e. The Morgan fingerprint density at radius 2 is 1.09 bits per heavy atom. The van der Waals surface area contributed by atoms with Crippen LogP contribution in [-0.4, -0.2) is 47.9 Å². The van der Waals surface area contributed by atoms with E-state index in [1.807, 2.05) is 6.92 Å². The number of hydrogen-bond acceptors (Lipinski definition) is 8. The third-order valence-corrected chi connectivity index (χ3v) is 4.42. The first-order valence-electron chi connectivity index (χ1n) is 10.5. The SMILES string of the molecule is CCCCCOC(=O)c1cc(O)cc(C(=O)OCCCOC(=O)c2cc(C)cc(O)c2)c1. The lowest BCUT2D eigenvalue weighted by atomic mass is 10.1. The fraction of sp³-hybridized carbons (Fsp3) is 0.375. The molecule has 0 spiro atoms. The minimum absolute atomic E-state index is 0.0101. The Hall–Kier alpha value is -3.55. The Balaban J connectivity index is 1.80. The number of benzene rings is 2. The average Bonchev–Trinajstić information content (AvgIpc) is 2.75. The molecule has 0 aromatic heterocycles. The van der Waals surface area contributed by atoms with Crippen LogP contribution in [0.2, 0.25) is 0 Å². The van der Waals surface area contributed by atoms with Gasteiger partial charge in [0.25, 0.3) is 0 Å². The van der Waals surface area contributed by atoms with Gasteiger partial charge in [-0.2, -0.15) is 0 Å². The molecule has 0 fully saturated rings. The average molecular weight is 444 g/mol. The van der Waals surface area contributed by atoms with Gasteiger partial charge < -0.3 is 24.4 Å². The Morgan fingerprint density at radius 1 is 0.656 bits per heavy atom. The third-order valence-electron chi connectivity index (χ3n) is 4.42. The molecule has 8 nitrogen and oxygen atoms in total. The highest BCUT2D eigenvalue weighted by Crippen LogP contribution is 2.18. The van der Waals surface area contributed by atoms with Crippen molar-refractivity contribution in [1.29, 1.82) is 0 Å². The first-order valence-corrected chi connectivity index (χ1v) is 10.5. The molecule has 2 aromatic rings. The van der Waals surface area contributed by atoms with Crippen LogP contribution in [-0.2, 0) is 14.2 Å². The minimum atomic E-state index is -0.726. The van der Waals surface area contributed by atoms with Crippen molar-refractivity contribution in [2.45, 2.75) is 39.5 Å². The van der Waals surface area contributed by atoms with Gasteiger partial charge in [-0.25, -0.2) is 14.4 Å². The molecule has 0 heterocycles. The van der Waals surface area contributed by atoms with Gasteiger partial charge in [0.2, 0.25) is 0 Å². The van der Waals surface area contributed by atoms with Crippen molar-refractivity contribution in [2.75, 3.05) is 19.8 Å². The molecule has 172 valence electrons. The lowest BCUT2D eigenvalue weighted by Crippen LogP contribution is -2.12. The monoisotopic (exact) mass is 444 g/mol. The zero-order chi connectivity index (χ0) is 23.5. The van der Waals surface area contributed by atoms with Crippen LogP contribution >= 0.6 is 0 Å². The fourth-order valence-electron chi connectivity index (χ4n) is 2.88. The second-order valence-electron chi connectivity index (χ2n) is 7.29. The van der Waals surface area contributed by atoms with Gasteiger partial charge in [-0.15, -0.1) is 0 Å². The molecule has 0 bridgehead atoms. The van der Waals surface area contributed by atoms with Crippen molar-refractivity contribution < 1.29 is 38.8 Å². The molecule has 0 radical (unpaired) electrons. The number of phenols is 2. The van der Waals surface area contributed by atoms with Crippen molar-refractivity contribution >= 4 is 17.9 Å². The van der Waals surface area contributed by atoms with Gasteiger partial charge in [0.05, 0.1) is 36.5 Å². The van der Waals surface area contributed by atoms with Crippen LogP contribution in [0.3, 0.4) is 0 Å². The molecule has 8 heteroatoms. The lowest BCUT2D eigenvalue weighted by Gasteiger charge is -2.09. The Labute approximate surface area is 186 Å². The van der Waals surface area contributed by atoms with Gasteiger partial charge in [-0.05, 0) is 55.3 Å². The van der Waals surface area contributed by atoms with Gasteiger partial charge in [-0.1, -0.05) is 19.8 Å². The summed E-state index contributed by atoms with van der Waals surface area (Å²) in [6, 6.07) is 8.14. The standard InChI is InChI=1S/C24H28O8/c1-3-4-5-7-30-23(28)18-12-19(15-21(26)14-18)24(29)32-9-6-8-31-22(27)17-10-16(2)11-20(25)13-17/h10-15,25-26H,3-9H2,1-2H3. The van der Waals surface area contributed by atoms with E-state index in [-0.39, 0.29) is 54.4 Å². The smallest absolute Gasteiger partial charge is 0.338 e. The van der Waals surface area contributed by atoms with Crippen molar-refractivity contribution in [3.63, 3.8) is 0 Å². The second-order valence-corrected chi connectivity index (χ2v) is 7.29. The molecule has 32 heavy (non-hydrogen) atoms.